The maximum absolute atomic E-state index is 13.4. The van der Waals surface area contributed by atoms with Gasteiger partial charge in [-0.2, -0.15) is 5.10 Å². The van der Waals surface area contributed by atoms with E-state index in [4.69, 9.17) is 0 Å². The Hall–Kier alpha value is -3.75. The first kappa shape index (κ1) is 19.6. The van der Waals surface area contributed by atoms with Crippen molar-refractivity contribution in [2.75, 3.05) is 28.6 Å². The molecular weight excluding hydrogens is 388 g/mol. The zero-order chi connectivity index (χ0) is 21.1. The van der Waals surface area contributed by atoms with Crippen LogP contribution >= 0.6 is 0 Å². The number of nitrogens with one attached hydrogen (secondary N) is 3. The van der Waals surface area contributed by atoms with Crippen LogP contribution in [0.5, 0.6) is 0 Å². The summed E-state index contributed by atoms with van der Waals surface area (Å²) in [6.45, 7) is 8.07. The Morgan fingerprint density at radius 1 is 1.10 bits per heavy atom. The maximum Gasteiger partial charge on any atom is 0.266 e. The molecule has 0 amide bonds. The number of H-pyrrole nitrogens is 1. The quantitative estimate of drug-likeness (QED) is 0.542. The van der Waals surface area contributed by atoms with Crippen molar-refractivity contribution in [1.82, 2.24) is 20.2 Å². The first-order valence-corrected chi connectivity index (χ1v) is 9.36. The summed E-state index contributed by atoms with van der Waals surface area (Å²) in [5, 5.41) is 13.3. The van der Waals surface area contributed by atoms with Crippen molar-refractivity contribution in [3.8, 4) is 0 Å². The molecule has 3 N–H and O–H groups in total. The van der Waals surface area contributed by atoms with E-state index in [-0.39, 0.29) is 13.0 Å². The van der Waals surface area contributed by atoms with E-state index < -0.39 is 5.92 Å². The number of rotatable bonds is 7. The lowest BCUT2D eigenvalue weighted by Gasteiger charge is -2.17. The lowest BCUT2D eigenvalue weighted by atomic mass is 10.2. The largest absolute Gasteiger partial charge is 0.353 e. The molecule has 0 radical (unpaired) electrons. The summed E-state index contributed by atoms with van der Waals surface area (Å²) < 4.78 is 26.8. The molecule has 0 unspecified atom stereocenters. The van der Waals surface area contributed by atoms with Gasteiger partial charge in [0.2, 0.25) is 0 Å². The average molecular weight is 409 g/mol. The van der Waals surface area contributed by atoms with Gasteiger partial charge < -0.3 is 15.5 Å². The second-order valence-corrected chi connectivity index (χ2v) is 7.04. The highest BCUT2D eigenvalue weighted by Gasteiger charge is 2.38. The highest BCUT2D eigenvalue weighted by molar-refractivity contribution is 5.84. The van der Waals surface area contributed by atoms with Crippen molar-refractivity contribution in [3.05, 3.63) is 73.5 Å². The van der Waals surface area contributed by atoms with Crippen LogP contribution in [0.1, 0.15) is 17.7 Å². The van der Waals surface area contributed by atoms with Crippen LogP contribution in [0, 0.1) is 0 Å². The monoisotopic (exact) mass is 409 g/mol. The Morgan fingerprint density at radius 2 is 1.97 bits per heavy atom. The fourth-order valence-electron chi connectivity index (χ4n) is 3.20. The number of anilines is 3. The predicted molar refractivity (Wildman–Crippen MR) is 114 cm³/mol. The molecule has 0 atom stereocenters. The molecule has 154 valence electrons. The van der Waals surface area contributed by atoms with Gasteiger partial charge in [0.05, 0.1) is 36.0 Å². The molecule has 0 bridgehead atoms. The molecule has 7 nitrogen and oxygen atoms in total. The molecule has 4 heterocycles. The number of hydrogen-bond acceptors (Lipinski definition) is 6. The molecule has 1 saturated heterocycles. The van der Waals surface area contributed by atoms with E-state index in [9.17, 15) is 8.78 Å². The smallest absolute Gasteiger partial charge is 0.266 e. The van der Waals surface area contributed by atoms with Crippen LogP contribution in [0.15, 0.2) is 62.2 Å². The second-order valence-electron chi connectivity index (χ2n) is 7.04. The zero-order valence-corrected chi connectivity index (χ0v) is 16.2. The van der Waals surface area contributed by atoms with Gasteiger partial charge in [0.25, 0.3) is 5.92 Å². The Bertz CT molecular complexity index is 1040. The van der Waals surface area contributed by atoms with Crippen LogP contribution in [-0.2, 0) is 0 Å². The molecule has 1 aliphatic heterocycles. The van der Waals surface area contributed by atoms with Crippen LogP contribution in [0.4, 0.5) is 26.0 Å². The summed E-state index contributed by atoms with van der Waals surface area (Å²) >= 11 is 0. The summed E-state index contributed by atoms with van der Waals surface area (Å²) in [6, 6.07) is 7.23. The highest BCUT2D eigenvalue weighted by atomic mass is 19.3. The van der Waals surface area contributed by atoms with Gasteiger partial charge in [0.1, 0.15) is 11.5 Å². The topological polar surface area (TPSA) is 81.8 Å². The molecule has 0 saturated carbocycles. The zero-order valence-electron chi connectivity index (χ0n) is 16.2. The molecule has 0 aliphatic carbocycles. The number of aromatic amines is 1. The molecule has 1 fully saturated rings. The van der Waals surface area contributed by atoms with Crippen molar-refractivity contribution in [2.45, 2.75) is 12.3 Å². The number of alkyl halides is 2. The molecule has 1 aliphatic rings. The third-order valence-corrected chi connectivity index (χ3v) is 4.77. The molecule has 3 aromatic heterocycles. The summed E-state index contributed by atoms with van der Waals surface area (Å²) in [5.41, 5.74) is 4.13. The average Bonchev–Trinajstić information content (AvgIpc) is 3.35. The molecular formula is C21H21F2N7. The minimum atomic E-state index is -2.66. The van der Waals surface area contributed by atoms with Crippen molar-refractivity contribution in [1.29, 1.82) is 0 Å². The Kier molecular flexibility index (Phi) is 5.18. The van der Waals surface area contributed by atoms with Crippen molar-refractivity contribution < 1.29 is 8.78 Å². The molecule has 30 heavy (non-hydrogen) atoms. The summed E-state index contributed by atoms with van der Waals surface area (Å²) in [6.07, 6.45) is 6.49. The van der Waals surface area contributed by atoms with Gasteiger partial charge in [-0.3, -0.25) is 10.1 Å². The van der Waals surface area contributed by atoms with Crippen LogP contribution in [0.3, 0.4) is 0 Å². The number of hydrogen-bond donors (Lipinski definition) is 3. The van der Waals surface area contributed by atoms with Gasteiger partial charge in [0.15, 0.2) is 0 Å². The van der Waals surface area contributed by atoms with Gasteiger partial charge >= 0.3 is 0 Å². The highest BCUT2D eigenvalue weighted by Crippen LogP contribution is 2.30. The molecule has 4 rings (SSSR count). The maximum atomic E-state index is 13.4. The lowest BCUT2D eigenvalue weighted by molar-refractivity contribution is 0.0256. The van der Waals surface area contributed by atoms with E-state index >= 15 is 0 Å². The molecule has 0 aromatic carbocycles. The summed E-state index contributed by atoms with van der Waals surface area (Å²) in [4.78, 5) is 9.97. The first-order valence-electron chi connectivity index (χ1n) is 9.36. The Morgan fingerprint density at radius 3 is 2.63 bits per heavy atom. The summed E-state index contributed by atoms with van der Waals surface area (Å²) in [5.74, 6) is -2.13. The fraction of sp³-hybridized carbons (Fsp3) is 0.190. The van der Waals surface area contributed by atoms with Crippen molar-refractivity contribution >= 4 is 28.6 Å². The van der Waals surface area contributed by atoms with Crippen LogP contribution < -0.4 is 15.5 Å². The van der Waals surface area contributed by atoms with Gasteiger partial charge in [-0.15, -0.1) is 0 Å². The van der Waals surface area contributed by atoms with E-state index in [1.54, 1.807) is 41.8 Å². The fourth-order valence-corrected chi connectivity index (χ4v) is 3.20. The lowest BCUT2D eigenvalue weighted by Crippen LogP contribution is -2.25. The number of halogens is 2. The number of pyridine rings is 2. The predicted octanol–water partition coefficient (Wildman–Crippen LogP) is 4.21. The van der Waals surface area contributed by atoms with E-state index in [1.807, 2.05) is 12.1 Å². The minimum absolute atomic E-state index is 0.147. The van der Waals surface area contributed by atoms with Crippen molar-refractivity contribution in [2.24, 2.45) is 0 Å². The Labute approximate surface area is 172 Å². The summed E-state index contributed by atoms with van der Waals surface area (Å²) in [7, 11) is 0. The molecule has 3 aromatic rings. The van der Waals surface area contributed by atoms with Crippen LogP contribution in [-0.4, -0.2) is 39.2 Å². The normalized spacial score (nSPS) is 15.1. The van der Waals surface area contributed by atoms with E-state index in [2.05, 4.69) is 44.0 Å². The second kappa shape index (κ2) is 7.94. The third kappa shape index (κ3) is 4.29. The van der Waals surface area contributed by atoms with E-state index in [0.29, 0.717) is 40.8 Å². The molecule has 0 spiro atoms. The first-order chi connectivity index (χ1) is 14.4. The van der Waals surface area contributed by atoms with E-state index in [0.717, 1.165) is 5.56 Å². The van der Waals surface area contributed by atoms with Crippen LogP contribution in [0.25, 0.3) is 11.4 Å². The van der Waals surface area contributed by atoms with Crippen molar-refractivity contribution in [3.63, 3.8) is 0 Å². The minimum Gasteiger partial charge on any atom is -0.353 e. The van der Waals surface area contributed by atoms with Gasteiger partial charge in [0, 0.05) is 36.6 Å². The standard InChI is InChI=1S/C21H21F2N7/c1-14(16-4-3-8-24-10-16)28-18-12-26-29-20(18)15(2)27-17-5-6-19(25-11-17)30-9-7-21(22,23)13-30/h3-6,8,10-12,27-28H,1-2,7,9,13H2,(H,26,29). The third-order valence-electron chi connectivity index (χ3n) is 4.77. The van der Waals surface area contributed by atoms with Crippen LogP contribution in [0.2, 0.25) is 0 Å². The molecule has 9 heteroatoms. The number of nitrogens with zero attached hydrogens (tertiary/aromatic N) is 4. The van der Waals surface area contributed by atoms with E-state index in [1.165, 1.54) is 0 Å². The van der Waals surface area contributed by atoms with Gasteiger partial charge in [-0.1, -0.05) is 13.2 Å². The SMILES string of the molecule is C=C(Nc1cn[nH]c1C(=C)Nc1ccc(N2CCC(F)(F)C2)nc1)c1cccnc1. The van der Waals surface area contributed by atoms with Gasteiger partial charge in [-0.05, 0) is 24.3 Å². The Balaban J connectivity index is 1.41. The number of aromatic nitrogens is 4. The van der Waals surface area contributed by atoms with Gasteiger partial charge in [-0.25, -0.2) is 13.8 Å².